The predicted molar refractivity (Wildman–Crippen MR) is 62.7 cm³/mol. The first-order valence-corrected chi connectivity index (χ1v) is 6.61. The van der Waals surface area contributed by atoms with Crippen LogP contribution in [0.5, 0.6) is 0 Å². The standard InChI is InChI=1S/C12H13NO3S/c14-11(8-5-9(8)12(15)16)13-3-1-10-7(6-13)2-4-17-10/h2,4,8-9H,1,3,5-6H2,(H,15,16)/t8-,9+/m1/s1. The average molecular weight is 251 g/mol. The van der Waals surface area contributed by atoms with Crippen molar-refractivity contribution in [2.24, 2.45) is 11.8 Å². The van der Waals surface area contributed by atoms with Crippen LogP contribution in [0.4, 0.5) is 0 Å². The summed E-state index contributed by atoms with van der Waals surface area (Å²) in [6.07, 6.45) is 1.42. The van der Waals surface area contributed by atoms with Crippen molar-refractivity contribution in [3.05, 3.63) is 21.9 Å². The third-order valence-corrected chi connectivity index (χ3v) is 4.57. The van der Waals surface area contributed by atoms with Crippen molar-refractivity contribution in [3.63, 3.8) is 0 Å². The highest BCUT2D eigenvalue weighted by Gasteiger charge is 2.50. The van der Waals surface area contributed by atoms with Crippen LogP contribution in [0.3, 0.4) is 0 Å². The van der Waals surface area contributed by atoms with E-state index in [9.17, 15) is 9.59 Å². The zero-order chi connectivity index (χ0) is 12.0. The van der Waals surface area contributed by atoms with Crippen molar-refractivity contribution in [2.75, 3.05) is 6.54 Å². The van der Waals surface area contributed by atoms with E-state index in [4.69, 9.17) is 5.11 Å². The summed E-state index contributed by atoms with van der Waals surface area (Å²) in [6, 6.07) is 2.06. The maximum Gasteiger partial charge on any atom is 0.307 e. The van der Waals surface area contributed by atoms with Crippen LogP contribution in [0.1, 0.15) is 16.9 Å². The van der Waals surface area contributed by atoms with E-state index >= 15 is 0 Å². The molecule has 1 aromatic heterocycles. The molecule has 1 saturated carbocycles. The minimum atomic E-state index is -0.836. The molecule has 0 saturated heterocycles. The second-order valence-electron chi connectivity index (χ2n) is 4.67. The van der Waals surface area contributed by atoms with Crippen LogP contribution in [-0.2, 0) is 22.6 Å². The van der Waals surface area contributed by atoms with Crippen LogP contribution in [0.15, 0.2) is 11.4 Å². The Morgan fingerprint density at radius 1 is 1.41 bits per heavy atom. The Bertz CT molecular complexity index is 482. The quantitative estimate of drug-likeness (QED) is 0.863. The zero-order valence-corrected chi connectivity index (χ0v) is 10.1. The van der Waals surface area contributed by atoms with Gasteiger partial charge in [-0.2, -0.15) is 0 Å². The normalized spacial score (nSPS) is 26.5. The second kappa shape index (κ2) is 3.84. The number of rotatable bonds is 2. The number of nitrogens with zero attached hydrogens (tertiary/aromatic N) is 1. The van der Waals surface area contributed by atoms with Gasteiger partial charge >= 0.3 is 5.97 Å². The van der Waals surface area contributed by atoms with Gasteiger partial charge in [0.1, 0.15) is 0 Å². The molecule has 1 aromatic rings. The molecule has 5 heteroatoms. The van der Waals surface area contributed by atoms with Crippen molar-refractivity contribution in [1.29, 1.82) is 0 Å². The fourth-order valence-corrected chi connectivity index (χ4v) is 3.30. The van der Waals surface area contributed by atoms with Crippen molar-refractivity contribution >= 4 is 23.2 Å². The van der Waals surface area contributed by atoms with E-state index in [2.05, 4.69) is 11.4 Å². The van der Waals surface area contributed by atoms with Gasteiger partial charge in [0.2, 0.25) is 5.91 Å². The highest BCUT2D eigenvalue weighted by molar-refractivity contribution is 7.10. The molecule has 0 spiro atoms. The Kier molecular flexibility index (Phi) is 2.43. The predicted octanol–water partition coefficient (Wildman–Crippen LogP) is 1.35. The maximum atomic E-state index is 12.1. The Morgan fingerprint density at radius 2 is 2.24 bits per heavy atom. The lowest BCUT2D eigenvalue weighted by Gasteiger charge is -2.27. The van der Waals surface area contributed by atoms with E-state index in [1.165, 1.54) is 10.4 Å². The maximum absolute atomic E-state index is 12.1. The number of carbonyl (C=O) groups is 2. The first-order valence-electron chi connectivity index (χ1n) is 5.73. The highest BCUT2D eigenvalue weighted by atomic mass is 32.1. The SMILES string of the molecule is O=C(O)[C@H]1C[C@H]1C(=O)N1CCc2sccc2C1. The molecule has 2 atom stereocenters. The summed E-state index contributed by atoms with van der Waals surface area (Å²) in [7, 11) is 0. The number of hydrogen-bond donors (Lipinski definition) is 1. The number of thiophene rings is 1. The molecule has 1 aliphatic heterocycles. The van der Waals surface area contributed by atoms with Crippen molar-refractivity contribution in [3.8, 4) is 0 Å². The number of carboxylic acids is 1. The fourth-order valence-electron chi connectivity index (χ4n) is 2.41. The minimum Gasteiger partial charge on any atom is -0.481 e. The smallest absolute Gasteiger partial charge is 0.307 e. The summed E-state index contributed by atoms with van der Waals surface area (Å²) in [5.41, 5.74) is 1.22. The van der Waals surface area contributed by atoms with E-state index in [1.54, 1.807) is 11.3 Å². The van der Waals surface area contributed by atoms with Crippen LogP contribution < -0.4 is 0 Å². The van der Waals surface area contributed by atoms with Gasteiger partial charge in [0.15, 0.2) is 0 Å². The summed E-state index contributed by atoms with van der Waals surface area (Å²) in [5, 5.41) is 10.9. The first kappa shape index (κ1) is 10.8. The summed E-state index contributed by atoms with van der Waals surface area (Å²) in [5.74, 6) is -1.52. The molecule has 90 valence electrons. The molecule has 0 aromatic carbocycles. The van der Waals surface area contributed by atoms with Crippen LogP contribution in [0, 0.1) is 11.8 Å². The number of amides is 1. The van der Waals surface area contributed by atoms with Gasteiger partial charge in [-0.05, 0) is 29.9 Å². The van der Waals surface area contributed by atoms with Crippen LogP contribution in [0.2, 0.25) is 0 Å². The van der Waals surface area contributed by atoms with Crippen molar-refractivity contribution < 1.29 is 14.7 Å². The summed E-state index contributed by atoms with van der Waals surface area (Å²) in [4.78, 5) is 26.0. The van der Waals surface area contributed by atoms with Gasteiger partial charge < -0.3 is 10.0 Å². The van der Waals surface area contributed by atoms with Gasteiger partial charge in [-0.3, -0.25) is 9.59 Å². The van der Waals surface area contributed by atoms with Gasteiger partial charge in [-0.1, -0.05) is 0 Å². The minimum absolute atomic E-state index is 0.0225. The van der Waals surface area contributed by atoms with Gasteiger partial charge in [0, 0.05) is 18.0 Å². The molecular weight excluding hydrogens is 238 g/mol. The van der Waals surface area contributed by atoms with Crippen LogP contribution in [-0.4, -0.2) is 28.4 Å². The molecule has 17 heavy (non-hydrogen) atoms. The lowest BCUT2D eigenvalue weighted by molar-refractivity contribution is -0.142. The lowest BCUT2D eigenvalue weighted by atomic mass is 10.1. The third-order valence-electron chi connectivity index (χ3n) is 3.54. The summed E-state index contributed by atoms with van der Waals surface area (Å²) >= 11 is 1.74. The third kappa shape index (κ3) is 1.84. The Hall–Kier alpha value is -1.36. The highest BCUT2D eigenvalue weighted by Crippen LogP contribution is 2.41. The molecule has 0 unspecified atom stereocenters. The number of carbonyl (C=O) groups excluding carboxylic acids is 1. The van der Waals surface area contributed by atoms with E-state index < -0.39 is 11.9 Å². The van der Waals surface area contributed by atoms with Gasteiger partial charge in [0.25, 0.3) is 0 Å². The summed E-state index contributed by atoms with van der Waals surface area (Å²) in [6.45, 7) is 1.38. The molecule has 2 aliphatic rings. The Morgan fingerprint density at radius 3 is 2.94 bits per heavy atom. The molecule has 3 rings (SSSR count). The Labute approximate surface area is 103 Å². The molecule has 1 fully saturated rings. The van der Waals surface area contributed by atoms with E-state index in [1.807, 2.05) is 4.90 Å². The Balaban J connectivity index is 1.68. The number of fused-ring (bicyclic) bond motifs is 1. The molecular formula is C12H13NO3S. The number of aliphatic carboxylic acids is 1. The monoisotopic (exact) mass is 251 g/mol. The topological polar surface area (TPSA) is 57.6 Å². The van der Waals surface area contributed by atoms with Gasteiger partial charge in [-0.25, -0.2) is 0 Å². The van der Waals surface area contributed by atoms with Crippen molar-refractivity contribution in [1.82, 2.24) is 4.90 Å². The summed E-state index contributed by atoms with van der Waals surface area (Å²) < 4.78 is 0. The van der Waals surface area contributed by atoms with Crippen LogP contribution in [0.25, 0.3) is 0 Å². The van der Waals surface area contributed by atoms with E-state index in [0.29, 0.717) is 13.0 Å². The van der Waals surface area contributed by atoms with Crippen molar-refractivity contribution in [2.45, 2.75) is 19.4 Å². The van der Waals surface area contributed by atoms with Crippen LogP contribution >= 0.6 is 11.3 Å². The number of carboxylic acid groups (broad SMARTS) is 1. The molecule has 1 aliphatic carbocycles. The second-order valence-corrected chi connectivity index (χ2v) is 5.67. The largest absolute Gasteiger partial charge is 0.481 e. The number of hydrogen-bond acceptors (Lipinski definition) is 3. The molecule has 1 amide bonds. The molecule has 1 N–H and O–H groups in total. The fraction of sp³-hybridized carbons (Fsp3) is 0.500. The molecule has 0 radical (unpaired) electrons. The van der Waals surface area contributed by atoms with E-state index in [-0.39, 0.29) is 11.8 Å². The van der Waals surface area contributed by atoms with Gasteiger partial charge in [0.05, 0.1) is 11.8 Å². The molecule has 2 heterocycles. The molecule has 0 bridgehead atoms. The van der Waals surface area contributed by atoms with E-state index in [0.717, 1.165) is 13.0 Å². The zero-order valence-electron chi connectivity index (χ0n) is 9.26. The first-order chi connectivity index (χ1) is 8.16. The lowest BCUT2D eigenvalue weighted by Crippen LogP contribution is -2.37. The molecule has 4 nitrogen and oxygen atoms in total. The average Bonchev–Trinajstić information content (AvgIpc) is 2.99. The van der Waals surface area contributed by atoms with Gasteiger partial charge in [-0.15, -0.1) is 11.3 Å².